The van der Waals surface area contributed by atoms with Crippen molar-refractivity contribution in [1.29, 1.82) is 0 Å². The molecular formula is C32H44FN11O11. The van der Waals surface area contributed by atoms with E-state index in [9.17, 15) is 53.6 Å². The average Bonchev–Trinajstić information content (AvgIpc) is 3.61. The zero-order valence-corrected chi connectivity index (χ0v) is 29.3. The predicted molar refractivity (Wildman–Crippen MR) is 185 cm³/mol. The van der Waals surface area contributed by atoms with Gasteiger partial charge >= 0.3 is 5.97 Å². The van der Waals surface area contributed by atoms with Crippen molar-refractivity contribution in [3.8, 4) is 0 Å². The molecule has 0 aliphatic carbocycles. The van der Waals surface area contributed by atoms with Gasteiger partial charge in [-0.25, -0.2) is 9.07 Å². The van der Waals surface area contributed by atoms with Crippen LogP contribution in [0.2, 0.25) is 0 Å². The van der Waals surface area contributed by atoms with Crippen LogP contribution in [0.3, 0.4) is 0 Å². The number of nitrogens with one attached hydrogen (secondary N) is 5. The summed E-state index contributed by atoms with van der Waals surface area (Å²) >= 11 is 0. The number of nitrogens with zero attached hydrogens (tertiary/aromatic N) is 4. The van der Waals surface area contributed by atoms with Gasteiger partial charge in [-0.15, -0.1) is 5.10 Å². The number of alkyl halides is 1. The van der Waals surface area contributed by atoms with Gasteiger partial charge in [0, 0.05) is 19.4 Å². The first-order valence-electron chi connectivity index (χ1n) is 17.1. The SMILES string of the molecule is NC(N)=NCCC[C@@H]1NC(=O)[C@H](Cc2cn([C@H]3O[C@H](C[18F])[C@@H](O)[C@H](O)[C@H]3O)nn2)NC(=O)[C@H](Cc2ccccc2)NC(=O)[C@H](CC(=O)O)NC(=O)CNC1=O. The molecule has 4 rings (SSSR count). The molecule has 9 atom stereocenters. The number of carbonyl (C=O) groups excluding carboxylic acids is 5. The Bertz CT molecular complexity index is 1710. The number of aliphatic hydroxyl groups is 3. The summed E-state index contributed by atoms with van der Waals surface area (Å²) in [5, 5.41) is 60.2. The van der Waals surface area contributed by atoms with E-state index >= 15 is 0 Å². The van der Waals surface area contributed by atoms with E-state index in [0.717, 1.165) is 4.68 Å². The highest BCUT2D eigenvalue weighted by Gasteiger charge is 2.45. The largest absolute Gasteiger partial charge is 0.481 e. The molecule has 0 radical (unpaired) electrons. The van der Waals surface area contributed by atoms with E-state index in [1.807, 2.05) is 0 Å². The fraction of sp³-hybridized carbons (Fsp3) is 0.531. The number of rotatable bonds is 12. The van der Waals surface area contributed by atoms with Crippen LogP contribution in [0, 0.1) is 0 Å². The van der Waals surface area contributed by atoms with E-state index < -0.39 is 116 Å². The van der Waals surface area contributed by atoms with Gasteiger partial charge < -0.3 is 63.2 Å². The van der Waals surface area contributed by atoms with Gasteiger partial charge in [0.1, 0.15) is 55.3 Å². The lowest BCUT2D eigenvalue weighted by atomic mass is 9.98. The van der Waals surface area contributed by atoms with E-state index in [1.54, 1.807) is 30.3 Å². The summed E-state index contributed by atoms with van der Waals surface area (Å²) in [7, 11) is 0. The van der Waals surface area contributed by atoms with Gasteiger partial charge in [-0.2, -0.15) is 0 Å². The second kappa shape index (κ2) is 19.5. The molecule has 1 aromatic carbocycles. The number of carbonyl (C=O) groups is 6. The molecule has 2 fully saturated rings. The zero-order chi connectivity index (χ0) is 40.2. The standard InChI is InChI=1S/C32H44FN11O11/c33-12-21-24(48)25(49)26(50)31(55-21)44-14-16(42-43-44)10-19-29(53)39-17(7-4-8-36-32(34)35)27(51)37-13-22(45)38-20(11-23(46)47)30(54)40-18(28(52)41-19)9-15-5-2-1-3-6-15/h1-3,5-6,14,17-21,24-26,31,48-50H,4,7-13H2,(H,37,51)(H,38,45)(H,39,53)(H,40,54)(H,41,52)(H,46,47)(H4,34,35,36)/t17-,18-,19-,20-,21+,24+,25-,26+,31-/m0/s1/i33-1. The van der Waals surface area contributed by atoms with Crippen LogP contribution in [0.4, 0.5) is 4.39 Å². The summed E-state index contributed by atoms with van der Waals surface area (Å²) in [6, 6.07) is 2.38. The highest BCUT2D eigenvalue weighted by molar-refractivity contribution is 5.98. The first kappa shape index (κ1) is 42.0. The lowest BCUT2D eigenvalue weighted by Crippen LogP contribution is -2.58. The number of benzene rings is 1. The number of aliphatic carboxylic acids is 1. The van der Waals surface area contributed by atoms with Crippen LogP contribution in [-0.2, 0) is 46.3 Å². The Hall–Kier alpha value is -5.78. The smallest absolute Gasteiger partial charge is 0.305 e. The molecule has 23 heteroatoms. The van der Waals surface area contributed by atoms with Crippen LogP contribution in [0.15, 0.2) is 41.5 Å². The molecule has 2 aliphatic rings. The summed E-state index contributed by atoms with van der Waals surface area (Å²) in [4.78, 5) is 83.0. The van der Waals surface area contributed by atoms with E-state index in [1.165, 1.54) is 6.20 Å². The lowest BCUT2D eigenvalue weighted by Gasteiger charge is -2.39. The van der Waals surface area contributed by atoms with Gasteiger partial charge in [0.25, 0.3) is 0 Å². The van der Waals surface area contributed by atoms with Crippen LogP contribution in [0.5, 0.6) is 0 Å². The third-order valence-corrected chi connectivity index (χ3v) is 8.65. The summed E-state index contributed by atoms with van der Waals surface area (Å²) in [5.74, 6) is -6.36. The first-order chi connectivity index (χ1) is 26.2. The van der Waals surface area contributed by atoms with Gasteiger partial charge in [0.2, 0.25) is 29.5 Å². The maximum absolute atomic E-state index is 14.0. The minimum absolute atomic E-state index is 0.0136. The number of guanidine groups is 1. The zero-order valence-electron chi connectivity index (χ0n) is 29.3. The summed E-state index contributed by atoms with van der Waals surface area (Å²) in [6.45, 7) is -1.87. The number of aliphatic imine (C=N–C) groups is 1. The number of aromatic nitrogens is 3. The Kier molecular flexibility index (Phi) is 14.9. The maximum Gasteiger partial charge on any atom is 0.305 e. The van der Waals surface area contributed by atoms with Crippen molar-refractivity contribution in [2.45, 2.75) is 86.9 Å². The van der Waals surface area contributed by atoms with Crippen molar-refractivity contribution in [3.63, 3.8) is 0 Å². The van der Waals surface area contributed by atoms with Crippen LogP contribution in [0.1, 0.15) is 36.7 Å². The number of carboxylic acids is 1. The maximum atomic E-state index is 14.0. The van der Waals surface area contributed by atoms with Crippen LogP contribution in [0.25, 0.3) is 0 Å². The highest BCUT2D eigenvalue weighted by Crippen LogP contribution is 2.28. The van der Waals surface area contributed by atoms with Crippen molar-refractivity contribution in [3.05, 3.63) is 47.8 Å². The number of hydrogen-bond donors (Lipinski definition) is 11. The van der Waals surface area contributed by atoms with E-state index in [4.69, 9.17) is 16.2 Å². The van der Waals surface area contributed by atoms with Crippen LogP contribution >= 0.6 is 0 Å². The van der Waals surface area contributed by atoms with Gasteiger partial charge in [-0.1, -0.05) is 35.5 Å². The molecule has 0 bridgehead atoms. The molecule has 2 saturated heterocycles. The fourth-order valence-corrected chi connectivity index (χ4v) is 5.80. The Morgan fingerprint density at radius 1 is 0.873 bits per heavy atom. The number of carboxylic acid groups (broad SMARTS) is 1. The molecule has 300 valence electrons. The van der Waals surface area contributed by atoms with Crippen LogP contribution < -0.4 is 38.1 Å². The molecular weight excluding hydrogens is 732 g/mol. The van der Waals surface area contributed by atoms with Gasteiger partial charge in [0.05, 0.1) is 24.9 Å². The van der Waals surface area contributed by atoms with Crippen molar-refractivity contribution < 1.29 is 58.3 Å². The van der Waals surface area contributed by atoms with Gasteiger partial charge in [-0.05, 0) is 18.4 Å². The lowest BCUT2D eigenvalue weighted by molar-refractivity contribution is -0.250. The number of aliphatic hydroxyl groups excluding tert-OH is 3. The van der Waals surface area contributed by atoms with E-state index in [2.05, 4.69) is 41.9 Å². The Morgan fingerprint density at radius 3 is 2.15 bits per heavy atom. The van der Waals surface area contributed by atoms with Gasteiger partial charge in [0.15, 0.2) is 12.2 Å². The molecule has 0 saturated carbocycles. The Labute approximate surface area is 312 Å². The highest BCUT2D eigenvalue weighted by atomic mass is 18.2. The molecule has 2 aromatic rings. The van der Waals surface area contributed by atoms with Crippen LogP contribution in [-0.4, -0.2) is 145 Å². The van der Waals surface area contributed by atoms with Gasteiger partial charge in [-0.3, -0.25) is 33.8 Å². The monoisotopic (exact) mass is 776 g/mol. The van der Waals surface area contributed by atoms with Crippen molar-refractivity contribution >= 4 is 41.5 Å². The number of hydrogen-bond acceptors (Lipinski definition) is 13. The number of halogens is 1. The molecule has 55 heavy (non-hydrogen) atoms. The Morgan fingerprint density at radius 2 is 1.51 bits per heavy atom. The van der Waals surface area contributed by atoms with Crippen molar-refractivity contribution in [2.24, 2.45) is 16.5 Å². The molecule has 2 aliphatic heterocycles. The number of amides is 5. The predicted octanol–water partition coefficient (Wildman–Crippen LogP) is -5.39. The van der Waals surface area contributed by atoms with Crippen molar-refractivity contribution in [1.82, 2.24) is 41.6 Å². The Balaban J connectivity index is 1.70. The van der Waals surface area contributed by atoms with E-state index in [0.29, 0.717) is 5.56 Å². The molecule has 1 aromatic heterocycles. The average molecular weight is 777 g/mol. The quantitative estimate of drug-likeness (QED) is 0.0545. The summed E-state index contributed by atoms with van der Waals surface area (Å²) in [5.41, 5.74) is 11.3. The minimum atomic E-state index is -1.81. The molecule has 0 spiro atoms. The van der Waals surface area contributed by atoms with Crippen molar-refractivity contribution in [2.75, 3.05) is 19.8 Å². The number of nitrogens with two attached hydrogens (primary N) is 2. The molecule has 3 heterocycles. The third kappa shape index (κ3) is 11.9. The normalized spacial score (nSPS) is 28.3. The molecule has 13 N–H and O–H groups in total. The topological polar surface area (TPSA) is 348 Å². The molecule has 5 amide bonds. The van der Waals surface area contributed by atoms with E-state index in [-0.39, 0.29) is 37.5 Å². The molecule has 0 unspecified atom stereocenters. The summed E-state index contributed by atoms with van der Waals surface area (Å²) < 4.78 is 19.8. The summed E-state index contributed by atoms with van der Waals surface area (Å²) in [6.07, 6.45) is -8.55. The number of ether oxygens (including phenoxy) is 1. The minimum Gasteiger partial charge on any atom is -0.481 e. The first-order valence-corrected chi connectivity index (χ1v) is 17.1. The fourth-order valence-electron chi connectivity index (χ4n) is 5.80. The second-order valence-electron chi connectivity index (χ2n) is 12.8. The second-order valence-corrected chi connectivity index (χ2v) is 12.8. The molecule has 22 nitrogen and oxygen atoms in total. The third-order valence-electron chi connectivity index (χ3n) is 8.65.